The smallest absolute Gasteiger partial charge is 0.165 e. The van der Waals surface area contributed by atoms with Crippen molar-refractivity contribution < 1.29 is 23.4 Å². The van der Waals surface area contributed by atoms with Gasteiger partial charge in [0, 0.05) is 41.7 Å². The van der Waals surface area contributed by atoms with Crippen molar-refractivity contribution in [3.8, 4) is 34.3 Å². The van der Waals surface area contributed by atoms with Gasteiger partial charge in [0.15, 0.2) is 11.5 Å². The van der Waals surface area contributed by atoms with Crippen LogP contribution in [0.15, 0.2) is 53.3 Å². The molecule has 0 saturated heterocycles. The van der Waals surface area contributed by atoms with Gasteiger partial charge < -0.3 is 23.4 Å². The van der Waals surface area contributed by atoms with Crippen LogP contribution < -0.4 is 18.9 Å². The number of pyridine rings is 1. The summed E-state index contributed by atoms with van der Waals surface area (Å²) >= 11 is 0. The second kappa shape index (κ2) is 9.27. The second-order valence-corrected chi connectivity index (χ2v) is 8.38. The van der Waals surface area contributed by atoms with Crippen LogP contribution in [0.5, 0.6) is 23.0 Å². The number of benzene rings is 2. The van der Waals surface area contributed by atoms with E-state index in [2.05, 4.69) is 24.0 Å². The lowest BCUT2D eigenvalue weighted by Crippen LogP contribution is -2.25. The molecule has 176 valence electrons. The van der Waals surface area contributed by atoms with E-state index >= 15 is 0 Å². The van der Waals surface area contributed by atoms with Gasteiger partial charge in [0.05, 0.1) is 39.5 Å². The SMILES string of the molecule is COc1cc(-c2cc(C)c3c(OC)ccc(OC)c3n2)cc2c1OCCN(Cc1ccoc1)C2. The van der Waals surface area contributed by atoms with Crippen molar-refractivity contribution in [1.29, 1.82) is 0 Å². The van der Waals surface area contributed by atoms with E-state index < -0.39 is 0 Å². The molecule has 0 aliphatic carbocycles. The molecule has 2 aromatic heterocycles. The maximum Gasteiger partial charge on any atom is 0.165 e. The topological polar surface area (TPSA) is 66.2 Å². The van der Waals surface area contributed by atoms with E-state index in [9.17, 15) is 0 Å². The highest BCUT2D eigenvalue weighted by Gasteiger charge is 2.22. The zero-order valence-corrected chi connectivity index (χ0v) is 19.9. The number of ether oxygens (including phenoxy) is 4. The molecule has 1 aliphatic rings. The van der Waals surface area contributed by atoms with Crippen LogP contribution in [-0.4, -0.2) is 44.4 Å². The molecule has 3 heterocycles. The normalized spacial score (nSPS) is 13.8. The van der Waals surface area contributed by atoms with E-state index in [1.807, 2.05) is 24.3 Å². The first-order chi connectivity index (χ1) is 16.6. The Labute approximate surface area is 198 Å². The van der Waals surface area contributed by atoms with Gasteiger partial charge in [0.25, 0.3) is 0 Å². The molecule has 0 radical (unpaired) electrons. The summed E-state index contributed by atoms with van der Waals surface area (Å²) in [5, 5.41) is 0.946. The van der Waals surface area contributed by atoms with E-state index in [0.717, 1.165) is 70.0 Å². The van der Waals surface area contributed by atoms with E-state index in [-0.39, 0.29) is 0 Å². The van der Waals surface area contributed by atoms with E-state index in [4.69, 9.17) is 28.3 Å². The van der Waals surface area contributed by atoms with Crippen LogP contribution in [0.4, 0.5) is 0 Å². The minimum Gasteiger partial charge on any atom is -0.496 e. The van der Waals surface area contributed by atoms with Gasteiger partial charge >= 0.3 is 0 Å². The van der Waals surface area contributed by atoms with Gasteiger partial charge in [-0.3, -0.25) is 4.90 Å². The number of nitrogens with zero attached hydrogens (tertiary/aromatic N) is 2. The molecule has 0 unspecified atom stereocenters. The van der Waals surface area contributed by atoms with Crippen LogP contribution in [0.1, 0.15) is 16.7 Å². The monoisotopic (exact) mass is 460 g/mol. The molecule has 7 nitrogen and oxygen atoms in total. The third-order valence-corrected chi connectivity index (χ3v) is 6.20. The summed E-state index contributed by atoms with van der Waals surface area (Å²) in [4.78, 5) is 7.33. The summed E-state index contributed by atoms with van der Waals surface area (Å²) in [6, 6.07) is 12.0. The molecular formula is C27H28N2O5. The van der Waals surface area contributed by atoms with Gasteiger partial charge in [0.2, 0.25) is 0 Å². The summed E-state index contributed by atoms with van der Waals surface area (Å²) in [5.41, 5.74) is 5.82. The minimum atomic E-state index is 0.588. The van der Waals surface area contributed by atoms with Crippen molar-refractivity contribution in [3.63, 3.8) is 0 Å². The average Bonchev–Trinajstić information content (AvgIpc) is 3.27. The molecule has 0 saturated carbocycles. The summed E-state index contributed by atoms with van der Waals surface area (Å²) in [6.07, 6.45) is 3.49. The Morgan fingerprint density at radius 3 is 2.50 bits per heavy atom. The Bertz CT molecular complexity index is 1320. The van der Waals surface area contributed by atoms with E-state index in [1.165, 1.54) is 0 Å². The first kappa shape index (κ1) is 22.1. The van der Waals surface area contributed by atoms with Crippen LogP contribution in [0.2, 0.25) is 0 Å². The molecule has 1 aliphatic heterocycles. The maximum absolute atomic E-state index is 6.12. The Morgan fingerprint density at radius 2 is 1.76 bits per heavy atom. The Kier molecular flexibility index (Phi) is 6.02. The molecule has 0 atom stereocenters. The molecule has 0 bridgehead atoms. The fourth-order valence-corrected chi connectivity index (χ4v) is 4.57. The number of furan rings is 1. The highest BCUT2D eigenvalue weighted by Crippen LogP contribution is 2.40. The molecule has 5 rings (SSSR count). The Hall–Kier alpha value is -3.71. The van der Waals surface area contributed by atoms with Gasteiger partial charge in [-0.25, -0.2) is 4.98 Å². The fraction of sp³-hybridized carbons (Fsp3) is 0.296. The van der Waals surface area contributed by atoms with Crippen molar-refractivity contribution in [2.45, 2.75) is 20.0 Å². The Balaban J connectivity index is 1.60. The van der Waals surface area contributed by atoms with Crippen molar-refractivity contribution in [1.82, 2.24) is 9.88 Å². The summed E-state index contributed by atoms with van der Waals surface area (Å²) < 4.78 is 28.3. The Morgan fingerprint density at radius 1 is 0.971 bits per heavy atom. The number of rotatable bonds is 6. The standard InChI is InChI=1S/C27H28N2O5/c1-17-11-21(28-26-23(31-3)6-5-22(30-2)25(17)26)19-12-20-15-29(14-18-7-9-33-16-18)8-10-34-27(20)24(13-19)32-4/h5-7,9,11-13,16H,8,10,14-15H2,1-4H3. The molecule has 7 heteroatoms. The molecule has 4 aromatic rings. The number of hydrogen-bond donors (Lipinski definition) is 0. The molecule has 0 amide bonds. The lowest BCUT2D eigenvalue weighted by atomic mass is 10.0. The summed E-state index contributed by atoms with van der Waals surface area (Å²) in [5.74, 6) is 2.97. The van der Waals surface area contributed by atoms with Gasteiger partial charge in [-0.15, -0.1) is 0 Å². The van der Waals surface area contributed by atoms with Gasteiger partial charge in [-0.1, -0.05) is 0 Å². The number of fused-ring (bicyclic) bond motifs is 2. The van der Waals surface area contributed by atoms with Crippen LogP contribution in [0, 0.1) is 6.92 Å². The highest BCUT2D eigenvalue weighted by atomic mass is 16.5. The van der Waals surface area contributed by atoms with E-state index in [1.54, 1.807) is 33.9 Å². The van der Waals surface area contributed by atoms with Crippen molar-refractivity contribution in [3.05, 3.63) is 65.6 Å². The first-order valence-electron chi connectivity index (χ1n) is 11.2. The van der Waals surface area contributed by atoms with Gasteiger partial charge in [-0.05, 0) is 48.9 Å². The first-order valence-corrected chi connectivity index (χ1v) is 11.2. The quantitative estimate of drug-likeness (QED) is 0.391. The van der Waals surface area contributed by atoms with Gasteiger partial charge in [0.1, 0.15) is 23.6 Å². The zero-order valence-electron chi connectivity index (χ0n) is 19.9. The highest BCUT2D eigenvalue weighted by molar-refractivity contribution is 5.94. The lowest BCUT2D eigenvalue weighted by Gasteiger charge is -2.19. The molecule has 0 spiro atoms. The van der Waals surface area contributed by atoms with Crippen molar-refractivity contribution in [2.75, 3.05) is 34.5 Å². The molecular weight excluding hydrogens is 432 g/mol. The van der Waals surface area contributed by atoms with Crippen LogP contribution in [0.25, 0.3) is 22.2 Å². The van der Waals surface area contributed by atoms with Crippen LogP contribution >= 0.6 is 0 Å². The third-order valence-electron chi connectivity index (χ3n) is 6.20. The molecule has 2 aromatic carbocycles. The number of aryl methyl sites for hydroxylation is 1. The molecule has 34 heavy (non-hydrogen) atoms. The van der Waals surface area contributed by atoms with Gasteiger partial charge in [-0.2, -0.15) is 0 Å². The molecule has 0 fully saturated rings. The van der Waals surface area contributed by atoms with E-state index in [0.29, 0.717) is 18.1 Å². The maximum atomic E-state index is 6.12. The third kappa shape index (κ3) is 4.03. The predicted molar refractivity (Wildman–Crippen MR) is 130 cm³/mol. The number of methoxy groups -OCH3 is 3. The summed E-state index contributed by atoms with van der Waals surface area (Å²) in [7, 11) is 4.99. The fourth-order valence-electron chi connectivity index (χ4n) is 4.57. The minimum absolute atomic E-state index is 0.588. The number of hydrogen-bond acceptors (Lipinski definition) is 7. The summed E-state index contributed by atoms with van der Waals surface area (Å²) in [6.45, 7) is 4.98. The predicted octanol–water partition coefficient (Wildman–Crippen LogP) is 5.22. The van der Waals surface area contributed by atoms with Crippen LogP contribution in [-0.2, 0) is 13.1 Å². The average molecular weight is 461 g/mol. The second-order valence-electron chi connectivity index (χ2n) is 8.38. The largest absolute Gasteiger partial charge is 0.496 e. The van der Waals surface area contributed by atoms with Crippen molar-refractivity contribution in [2.24, 2.45) is 0 Å². The molecule has 0 N–H and O–H groups in total. The lowest BCUT2D eigenvalue weighted by molar-refractivity contribution is 0.216. The van der Waals surface area contributed by atoms with Crippen molar-refractivity contribution >= 4 is 10.9 Å². The number of aromatic nitrogens is 1. The van der Waals surface area contributed by atoms with Crippen LogP contribution in [0.3, 0.4) is 0 Å². The zero-order chi connectivity index (χ0) is 23.7.